The summed E-state index contributed by atoms with van der Waals surface area (Å²) in [5.41, 5.74) is 5.35. The van der Waals surface area contributed by atoms with Crippen molar-refractivity contribution >= 4 is 29.3 Å². The van der Waals surface area contributed by atoms with Gasteiger partial charge in [-0.05, 0) is 12.1 Å². The third kappa shape index (κ3) is 5.30. The quantitative estimate of drug-likeness (QED) is 0.743. The monoisotopic (exact) mass is 275 g/mol. The first-order valence-corrected chi connectivity index (χ1v) is 6.58. The number of aliphatic carboxylic acids is 1. The van der Waals surface area contributed by atoms with Gasteiger partial charge in [0.05, 0.1) is 11.6 Å². The Kier molecular flexibility index (Phi) is 6.18. The second kappa shape index (κ2) is 7.42. The van der Waals surface area contributed by atoms with Gasteiger partial charge in [-0.25, -0.2) is 0 Å². The molecular weight excluding hydrogens is 262 g/mol. The Morgan fingerprint density at radius 1 is 1.53 bits per heavy atom. The molecule has 3 N–H and O–H groups in total. The lowest BCUT2D eigenvalue weighted by atomic mass is 10.3. The van der Waals surface area contributed by atoms with Crippen molar-refractivity contribution in [3.05, 3.63) is 29.3 Å². The summed E-state index contributed by atoms with van der Waals surface area (Å²) in [5, 5.41) is 9.14. The summed E-state index contributed by atoms with van der Waals surface area (Å²) >= 11 is 7.34. The summed E-state index contributed by atoms with van der Waals surface area (Å²) < 4.78 is 5.44. The minimum absolute atomic E-state index is 0.376. The van der Waals surface area contributed by atoms with E-state index in [0.29, 0.717) is 28.9 Å². The number of hydrogen-bond donors (Lipinski definition) is 2. The van der Waals surface area contributed by atoms with Gasteiger partial charge in [0.15, 0.2) is 0 Å². The number of rotatable bonds is 7. The standard InChI is InChI=1S/C11H14ClNO3S/c12-8-3-1-2-4-10(8)16-5-6-17-7-9(13)11(14)15/h1-4,9H,5-7,13H2,(H,14,15). The van der Waals surface area contributed by atoms with Crippen molar-refractivity contribution in [2.24, 2.45) is 5.73 Å². The van der Waals surface area contributed by atoms with E-state index in [9.17, 15) is 4.79 Å². The fourth-order valence-electron chi connectivity index (χ4n) is 1.05. The molecule has 0 radical (unpaired) electrons. The van der Waals surface area contributed by atoms with Gasteiger partial charge in [0.25, 0.3) is 0 Å². The molecule has 0 fully saturated rings. The van der Waals surface area contributed by atoms with Gasteiger partial charge in [-0.1, -0.05) is 23.7 Å². The zero-order chi connectivity index (χ0) is 12.7. The molecule has 0 bridgehead atoms. The van der Waals surface area contributed by atoms with Gasteiger partial charge in [0.1, 0.15) is 11.8 Å². The molecule has 0 aliphatic carbocycles. The largest absolute Gasteiger partial charge is 0.491 e. The van der Waals surface area contributed by atoms with E-state index in [1.807, 2.05) is 12.1 Å². The number of carbonyl (C=O) groups is 1. The first-order chi connectivity index (χ1) is 8.11. The van der Waals surface area contributed by atoms with Crippen LogP contribution in [-0.2, 0) is 4.79 Å². The zero-order valence-electron chi connectivity index (χ0n) is 9.14. The van der Waals surface area contributed by atoms with Crippen LogP contribution in [0.4, 0.5) is 0 Å². The molecule has 0 aliphatic heterocycles. The third-order valence-corrected chi connectivity index (χ3v) is 3.30. The van der Waals surface area contributed by atoms with E-state index in [0.717, 1.165) is 0 Å². The van der Waals surface area contributed by atoms with Crippen LogP contribution in [0.5, 0.6) is 5.75 Å². The highest BCUT2D eigenvalue weighted by atomic mass is 35.5. The summed E-state index contributed by atoms with van der Waals surface area (Å²) in [6.45, 7) is 0.473. The molecule has 6 heteroatoms. The molecule has 0 saturated heterocycles. The van der Waals surface area contributed by atoms with E-state index in [4.69, 9.17) is 27.2 Å². The smallest absolute Gasteiger partial charge is 0.321 e. The molecule has 0 aliphatic rings. The first kappa shape index (κ1) is 14.2. The van der Waals surface area contributed by atoms with Crippen molar-refractivity contribution < 1.29 is 14.6 Å². The molecule has 0 saturated carbocycles. The lowest BCUT2D eigenvalue weighted by Gasteiger charge is -2.08. The Hall–Kier alpha value is -0.910. The molecule has 0 heterocycles. The van der Waals surface area contributed by atoms with Crippen LogP contribution in [0.1, 0.15) is 0 Å². The number of para-hydroxylation sites is 1. The number of halogens is 1. The Bertz CT molecular complexity index is 375. The molecule has 4 nitrogen and oxygen atoms in total. The molecule has 1 rings (SSSR count). The molecule has 1 unspecified atom stereocenters. The molecule has 1 aromatic carbocycles. The second-order valence-corrected chi connectivity index (χ2v) is 4.86. The normalized spacial score (nSPS) is 12.1. The van der Waals surface area contributed by atoms with Crippen LogP contribution in [0.3, 0.4) is 0 Å². The highest BCUT2D eigenvalue weighted by Crippen LogP contribution is 2.23. The lowest BCUT2D eigenvalue weighted by Crippen LogP contribution is -2.32. The minimum Gasteiger partial charge on any atom is -0.491 e. The number of ether oxygens (including phenoxy) is 1. The number of nitrogens with two attached hydrogens (primary N) is 1. The van der Waals surface area contributed by atoms with Crippen molar-refractivity contribution in [1.29, 1.82) is 0 Å². The summed E-state index contributed by atoms with van der Waals surface area (Å²) in [4.78, 5) is 10.4. The van der Waals surface area contributed by atoms with E-state index in [1.165, 1.54) is 11.8 Å². The lowest BCUT2D eigenvalue weighted by molar-refractivity contribution is -0.137. The van der Waals surface area contributed by atoms with Gasteiger partial charge in [0.2, 0.25) is 0 Å². The third-order valence-electron chi connectivity index (χ3n) is 1.94. The molecule has 0 aromatic heterocycles. The van der Waals surface area contributed by atoms with Crippen LogP contribution in [-0.4, -0.2) is 35.2 Å². The number of hydrogen-bond acceptors (Lipinski definition) is 4. The van der Waals surface area contributed by atoms with Crippen molar-refractivity contribution in [3.63, 3.8) is 0 Å². The van der Waals surface area contributed by atoms with E-state index in [1.54, 1.807) is 12.1 Å². The van der Waals surface area contributed by atoms with Crippen LogP contribution in [0, 0.1) is 0 Å². The van der Waals surface area contributed by atoms with Gasteiger partial charge in [-0.2, -0.15) is 11.8 Å². The highest BCUT2D eigenvalue weighted by Gasteiger charge is 2.10. The van der Waals surface area contributed by atoms with Gasteiger partial charge in [-0.3, -0.25) is 4.79 Å². The molecule has 1 aromatic rings. The maximum absolute atomic E-state index is 10.4. The SMILES string of the molecule is NC(CSCCOc1ccccc1Cl)C(=O)O. The fourth-order valence-corrected chi connectivity index (χ4v) is 2.01. The summed E-state index contributed by atoms with van der Waals surface area (Å²) in [5.74, 6) is 0.703. The Morgan fingerprint density at radius 3 is 2.88 bits per heavy atom. The number of carboxylic acids is 1. The molecule has 94 valence electrons. The predicted octanol–water partition coefficient (Wildman–Crippen LogP) is 1.86. The van der Waals surface area contributed by atoms with Gasteiger partial charge in [-0.15, -0.1) is 0 Å². The summed E-state index contributed by atoms with van der Waals surface area (Å²) in [7, 11) is 0. The Balaban J connectivity index is 2.17. The number of thioether (sulfide) groups is 1. The highest BCUT2D eigenvalue weighted by molar-refractivity contribution is 7.99. The number of benzene rings is 1. The average Bonchev–Trinajstić information content (AvgIpc) is 2.30. The number of carboxylic acid groups (broad SMARTS) is 1. The molecule has 0 amide bonds. The summed E-state index contributed by atoms with van der Waals surface area (Å²) in [6.07, 6.45) is 0. The van der Waals surface area contributed by atoms with Crippen LogP contribution in [0.25, 0.3) is 0 Å². The summed E-state index contributed by atoms with van der Waals surface area (Å²) in [6, 6.07) is 6.39. The Labute approximate surface area is 109 Å². The maximum atomic E-state index is 10.4. The van der Waals surface area contributed by atoms with Crippen LogP contribution in [0.15, 0.2) is 24.3 Å². The topological polar surface area (TPSA) is 72.5 Å². The van der Waals surface area contributed by atoms with Crippen molar-refractivity contribution in [3.8, 4) is 5.75 Å². The average molecular weight is 276 g/mol. The van der Waals surface area contributed by atoms with Gasteiger partial charge >= 0.3 is 5.97 Å². The predicted molar refractivity (Wildman–Crippen MR) is 69.9 cm³/mol. The van der Waals surface area contributed by atoms with Gasteiger partial charge in [0, 0.05) is 11.5 Å². The van der Waals surface area contributed by atoms with E-state index in [-0.39, 0.29) is 0 Å². The first-order valence-electron chi connectivity index (χ1n) is 5.04. The molecule has 0 spiro atoms. The Morgan fingerprint density at radius 2 is 2.24 bits per heavy atom. The van der Waals surface area contributed by atoms with Crippen molar-refractivity contribution in [2.45, 2.75) is 6.04 Å². The zero-order valence-corrected chi connectivity index (χ0v) is 10.7. The fraction of sp³-hybridized carbons (Fsp3) is 0.364. The molecular formula is C11H14ClNO3S. The van der Waals surface area contributed by atoms with E-state index >= 15 is 0 Å². The molecule has 1 atom stereocenters. The van der Waals surface area contributed by atoms with E-state index < -0.39 is 12.0 Å². The van der Waals surface area contributed by atoms with Gasteiger partial charge < -0.3 is 15.6 Å². The van der Waals surface area contributed by atoms with Crippen molar-refractivity contribution in [1.82, 2.24) is 0 Å². The van der Waals surface area contributed by atoms with Crippen molar-refractivity contribution in [2.75, 3.05) is 18.1 Å². The van der Waals surface area contributed by atoms with E-state index in [2.05, 4.69) is 0 Å². The van der Waals surface area contributed by atoms with Crippen LogP contribution < -0.4 is 10.5 Å². The van der Waals surface area contributed by atoms with Crippen LogP contribution in [0.2, 0.25) is 5.02 Å². The second-order valence-electron chi connectivity index (χ2n) is 3.30. The molecule has 17 heavy (non-hydrogen) atoms. The maximum Gasteiger partial charge on any atom is 0.321 e. The van der Waals surface area contributed by atoms with Crippen LogP contribution >= 0.6 is 23.4 Å². The minimum atomic E-state index is -0.982.